The van der Waals surface area contributed by atoms with Gasteiger partial charge in [0.2, 0.25) is 0 Å². The van der Waals surface area contributed by atoms with Crippen LogP contribution in [0.25, 0.3) is 0 Å². The second kappa shape index (κ2) is 5.31. The zero-order valence-corrected chi connectivity index (χ0v) is 11.2. The Labute approximate surface area is 110 Å². The van der Waals surface area contributed by atoms with E-state index in [1.165, 1.54) is 37.7 Å². The molecule has 2 aliphatic carbocycles. The third kappa shape index (κ3) is 3.26. The van der Waals surface area contributed by atoms with E-state index < -0.39 is 0 Å². The van der Waals surface area contributed by atoms with Crippen molar-refractivity contribution in [2.45, 2.75) is 50.7 Å². The first-order chi connectivity index (χ1) is 8.85. The highest BCUT2D eigenvalue weighted by Crippen LogP contribution is 2.34. The number of nitrogens with one attached hydrogen (secondary N) is 1. The van der Waals surface area contributed by atoms with Crippen LogP contribution in [0.1, 0.15) is 37.7 Å². The molecule has 2 heteroatoms. The maximum absolute atomic E-state index is 5.84. The monoisotopic (exact) mass is 245 g/mol. The summed E-state index contributed by atoms with van der Waals surface area (Å²) in [5, 5.41) is 3.46. The van der Waals surface area contributed by atoms with Crippen LogP contribution >= 0.6 is 0 Å². The van der Waals surface area contributed by atoms with E-state index in [4.69, 9.17) is 4.74 Å². The van der Waals surface area contributed by atoms with E-state index in [1.54, 1.807) is 0 Å². The molecule has 1 aromatic rings. The van der Waals surface area contributed by atoms with Gasteiger partial charge >= 0.3 is 0 Å². The summed E-state index contributed by atoms with van der Waals surface area (Å²) in [6.07, 6.45) is 8.18. The van der Waals surface area contributed by atoms with Crippen LogP contribution < -0.4 is 10.1 Å². The van der Waals surface area contributed by atoms with Crippen molar-refractivity contribution in [2.75, 3.05) is 7.05 Å². The molecule has 0 aliphatic heterocycles. The zero-order valence-electron chi connectivity index (χ0n) is 11.2. The molecule has 0 radical (unpaired) electrons. The second-order valence-corrected chi connectivity index (χ2v) is 5.74. The summed E-state index contributed by atoms with van der Waals surface area (Å²) in [6.45, 7) is 0. The minimum atomic E-state index is 0.497. The average Bonchev–Trinajstić information content (AvgIpc) is 3.24. The maximum Gasteiger partial charge on any atom is 0.119 e. The Hall–Kier alpha value is -1.02. The molecule has 0 bridgehead atoms. The Balaban J connectivity index is 1.54. The highest BCUT2D eigenvalue weighted by atomic mass is 16.5. The van der Waals surface area contributed by atoms with Gasteiger partial charge in [0.1, 0.15) is 5.75 Å². The first kappa shape index (κ1) is 12.0. The summed E-state index contributed by atoms with van der Waals surface area (Å²) in [5.41, 5.74) is 1.41. The Morgan fingerprint density at radius 2 is 2.11 bits per heavy atom. The predicted molar refractivity (Wildman–Crippen MR) is 74.0 cm³/mol. The molecule has 2 aliphatic rings. The molecule has 3 rings (SSSR count). The van der Waals surface area contributed by atoms with Gasteiger partial charge in [0.05, 0.1) is 6.10 Å². The summed E-state index contributed by atoms with van der Waals surface area (Å²) in [5.74, 6) is 1.99. The van der Waals surface area contributed by atoms with Gasteiger partial charge in [-0.3, -0.25) is 0 Å². The molecule has 0 spiro atoms. The molecule has 98 valence electrons. The van der Waals surface area contributed by atoms with Crippen molar-refractivity contribution in [3.8, 4) is 5.75 Å². The average molecular weight is 245 g/mol. The van der Waals surface area contributed by atoms with Crippen molar-refractivity contribution in [3.63, 3.8) is 0 Å². The van der Waals surface area contributed by atoms with Crippen LogP contribution in [0, 0.1) is 5.92 Å². The fourth-order valence-corrected chi connectivity index (χ4v) is 2.59. The highest BCUT2D eigenvalue weighted by molar-refractivity contribution is 5.29. The minimum absolute atomic E-state index is 0.497. The lowest BCUT2D eigenvalue weighted by molar-refractivity contribution is 0.303. The number of aryl methyl sites for hydroxylation is 1. The first-order valence-corrected chi connectivity index (χ1v) is 7.28. The van der Waals surface area contributed by atoms with Crippen molar-refractivity contribution in [1.29, 1.82) is 0 Å². The Morgan fingerprint density at radius 1 is 1.28 bits per heavy atom. The smallest absolute Gasteiger partial charge is 0.119 e. The molecular weight excluding hydrogens is 222 g/mol. The molecule has 1 unspecified atom stereocenters. The summed E-state index contributed by atoms with van der Waals surface area (Å²) < 4.78 is 5.84. The van der Waals surface area contributed by atoms with E-state index >= 15 is 0 Å². The quantitative estimate of drug-likeness (QED) is 0.796. The maximum atomic E-state index is 5.84. The largest absolute Gasteiger partial charge is 0.490 e. The Morgan fingerprint density at radius 3 is 2.78 bits per heavy atom. The topological polar surface area (TPSA) is 21.3 Å². The van der Waals surface area contributed by atoms with Crippen molar-refractivity contribution < 1.29 is 4.74 Å². The fourth-order valence-electron chi connectivity index (χ4n) is 2.59. The molecule has 2 fully saturated rings. The summed E-state index contributed by atoms with van der Waals surface area (Å²) in [6, 6.07) is 9.35. The normalized spacial score (nSPS) is 20.7. The van der Waals surface area contributed by atoms with Crippen LogP contribution in [0.4, 0.5) is 0 Å². The SMILES string of the molecule is CNC(CCc1cccc(OC2CC2)c1)C1CC1. The molecule has 2 nitrogen and oxygen atoms in total. The third-order valence-electron chi connectivity index (χ3n) is 4.03. The van der Waals surface area contributed by atoms with Gasteiger partial charge in [-0.25, -0.2) is 0 Å². The van der Waals surface area contributed by atoms with Crippen LogP contribution in [0.15, 0.2) is 24.3 Å². The molecule has 1 atom stereocenters. The van der Waals surface area contributed by atoms with Crippen molar-refractivity contribution in [1.82, 2.24) is 5.32 Å². The van der Waals surface area contributed by atoms with E-state index in [0.29, 0.717) is 12.1 Å². The van der Waals surface area contributed by atoms with Crippen molar-refractivity contribution in [2.24, 2.45) is 5.92 Å². The fraction of sp³-hybridized carbons (Fsp3) is 0.625. The molecule has 0 aromatic heterocycles. The molecule has 0 heterocycles. The minimum Gasteiger partial charge on any atom is -0.490 e. The first-order valence-electron chi connectivity index (χ1n) is 7.28. The standard InChI is InChI=1S/C16H23NO/c1-17-16(13-6-7-13)10-5-12-3-2-4-15(11-12)18-14-8-9-14/h2-4,11,13-14,16-17H,5-10H2,1H3. The van der Waals surface area contributed by atoms with Gasteiger partial charge in [-0.2, -0.15) is 0 Å². The summed E-state index contributed by atoms with van der Waals surface area (Å²) >= 11 is 0. The van der Waals surface area contributed by atoms with Gasteiger partial charge in [-0.1, -0.05) is 12.1 Å². The molecular formula is C16H23NO. The number of hydrogen-bond donors (Lipinski definition) is 1. The van der Waals surface area contributed by atoms with Gasteiger partial charge in [0, 0.05) is 6.04 Å². The molecule has 0 saturated heterocycles. The number of rotatable bonds is 7. The van der Waals surface area contributed by atoms with Crippen LogP contribution in [0.5, 0.6) is 5.75 Å². The molecule has 1 aromatic carbocycles. The van der Waals surface area contributed by atoms with Gasteiger partial charge in [-0.15, -0.1) is 0 Å². The van der Waals surface area contributed by atoms with Gasteiger partial charge in [-0.05, 0) is 69.2 Å². The van der Waals surface area contributed by atoms with Crippen LogP contribution in [0.3, 0.4) is 0 Å². The number of benzene rings is 1. The number of ether oxygens (including phenoxy) is 1. The lowest BCUT2D eigenvalue weighted by Crippen LogP contribution is -2.27. The second-order valence-electron chi connectivity index (χ2n) is 5.74. The van der Waals surface area contributed by atoms with E-state index in [2.05, 4.69) is 36.6 Å². The van der Waals surface area contributed by atoms with Crippen LogP contribution in [-0.4, -0.2) is 19.2 Å². The number of hydrogen-bond acceptors (Lipinski definition) is 2. The molecule has 1 N–H and O–H groups in total. The van der Waals surface area contributed by atoms with Crippen LogP contribution in [-0.2, 0) is 6.42 Å². The lowest BCUT2D eigenvalue weighted by Gasteiger charge is -2.15. The molecule has 18 heavy (non-hydrogen) atoms. The lowest BCUT2D eigenvalue weighted by atomic mass is 10.0. The highest BCUT2D eigenvalue weighted by Gasteiger charge is 2.29. The molecule has 0 amide bonds. The Bertz CT molecular complexity index is 396. The van der Waals surface area contributed by atoms with Crippen molar-refractivity contribution >= 4 is 0 Å². The molecule has 2 saturated carbocycles. The third-order valence-corrected chi connectivity index (χ3v) is 4.03. The summed E-state index contributed by atoms with van der Waals surface area (Å²) in [7, 11) is 2.09. The van der Waals surface area contributed by atoms with Gasteiger partial charge in [0.25, 0.3) is 0 Å². The van der Waals surface area contributed by atoms with E-state index in [0.717, 1.165) is 18.1 Å². The van der Waals surface area contributed by atoms with Gasteiger partial charge < -0.3 is 10.1 Å². The van der Waals surface area contributed by atoms with Gasteiger partial charge in [0.15, 0.2) is 0 Å². The van der Waals surface area contributed by atoms with E-state index in [9.17, 15) is 0 Å². The van der Waals surface area contributed by atoms with E-state index in [-0.39, 0.29) is 0 Å². The van der Waals surface area contributed by atoms with Crippen molar-refractivity contribution in [3.05, 3.63) is 29.8 Å². The van der Waals surface area contributed by atoms with E-state index in [1.807, 2.05) is 0 Å². The summed E-state index contributed by atoms with van der Waals surface area (Å²) in [4.78, 5) is 0. The predicted octanol–water partition coefficient (Wildman–Crippen LogP) is 3.16. The Kier molecular flexibility index (Phi) is 3.55. The van der Waals surface area contributed by atoms with Crippen LogP contribution in [0.2, 0.25) is 0 Å². The zero-order chi connectivity index (χ0) is 12.4.